The van der Waals surface area contributed by atoms with E-state index >= 15 is 0 Å². The molecule has 4 amide bonds. The molecule has 0 unspecified atom stereocenters. The molecule has 0 bridgehead atoms. The highest BCUT2D eigenvalue weighted by Crippen LogP contribution is 2.15. The van der Waals surface area contributed by atoms with E-state index in [1.54, 1.807) is 20.8 Å². The molecule has 0 spiro atoms. The first-order valence-electron chi connectivity index (χ1n) is 25.2. The molecule has 0 aromatic carbocycles. The van der Waals surface area contributed by atoms with Gasteiger partial charge in [0.25, 0.3) is 0 Å². The zero-order valence-corrected chi connectivity index (χ0v) is 44.4. The minimum Gasteiger partial charge on any atom is -0.469 e. The molecule has 8 N–H and O–H groups in total. The largest absolute Gasteiger partial charge is 0.469 e. The summed E-state index contributed by atoms with van der Waals surface area (Å²) in [4.78, 5) is 81.3. The van der Waals surface area contributed by atoms with Crippen molar-refractivity contribution in [3.63, 3.8) is 0 Å². The number of amides is 4. The van der Waals surface area contributed by atoms with Crippen molar-refractivity contribution in [2.45, 2.75) is 64.5 Å². The lowest BCUT2D eigenvalue weighted by atomic mass is 9.92. The number of unbranched alkanes of at least 4 members (excludes halogenated alkanes) is 1. The van der Waals surface area contributed by atoms with Gasteiger partial charge in [0.15, 0.2) is 5.78 Å². The number of hydrogen-bond donors (Lipinski definition) is 6. The summed E-state index contributed by atoms with van der Waals surface area (Å²) in [5, 5.41) is 8.14. The molecule has 0 aliphatic heterocycles. The zero-order valence-electron chi connectivity index (χ0n) is 44.4. The second-order valence-electron chi connectivity index (χ2n) is 16.7. The van der Waals surface area contributed by atoms with Crippen LogP contribution in [0.5, 0.6) is 0 Å². The quantitative estimate of drug-likeness (QED) is 0.0231. The van der Waals surface area contributed by atoms with Gasteiger partial charge in [0, 0.05) is 32.6 Å². The highest BCUT2D eigenvalue weighted by molar-refractivity contribution is 5.94. The molecule has 0 saturated carbocycles. The van der Waals surface area contributed by atoms with Crippen LogP contribution in [0.25, 0.3) is 0 Å². The van der Waals surface area contributed by atoms with Gasteiger partial charge in [0.2, 0.25) is 17.7 Å². The monoisotopic (exact) mass is 1070 g/mol. The van der Waals surface area contributed by atoms with Gasteiger partial charge < -0.3 is 93.7 Å². The number of ketones is 1. The summed E-state index contributed by atoms with van der Waals surface area (Å²) in [5.74, 6) is -3.81. The Morgan fingerprint density at radius 1 is 0.473 bits per heavy atom. The third kappa shape index (κ3) is 49.1. The van der Waals surface area contributed by atoms with Gasteiger partial charge >= 0.3 is 12.1 Å². The first-order valence-corrected chi connectivity index (χ1v) is 25.2. The zero-order chi connectivity index (χ0) is 54.6. The SMILES string of the molecule is COC(=O)C[C@H](CC(=O)[C@H](CCCCNC(=O)COCCOCCOCCOCCOCCN)NC(=O)COCCOCCOCCOCCOCCN)C(=O)NCCOCCOCCONC(=O)OC(C)(C)C. The van der Waals surface area contributed by atoms with Crippen LogP contribution in [0.15, 0.2) is 0 Å². The third-order valence-electron chi connectivity index (χ3n) is 9.19. The Morgan fingerprint density at radius 3 is 1.34 bits per heavy atom. The maximum absolute atomic E-state index is 13.8. The van der Waals surface area contributed by atoms with E-state index in [0.29, 0.717) is 118 Å². The fourth-order valence-corrected chi connectivity index (χ4v) is 5.71. The van der Waals surface area contributed by atoms with E-state index in [-0.39, 0.29) is 111 Å². The summed E-state index contributed by atoms with van der Waals surface area (Å²) in [6.45, 7) is 13.2. The Hall–Kier alpha value is -3.78. The van der Waals surface area contributed by atoms with Crippen molar-refractivity contribution in [2.24, 2.45) is 17.4 Å². The number of Topliss-reactive ketones (excluding diaryl/α,β-unsaturated/α-hetero) is 1. The Kier molecular flexibility index (Phi) is 48.7. The highest BCUT2D eigenvalue weighted by atomic mass is 16.7. The van der Waals surface area contributed by atoms with Crippen LogP contribution in [0.2, 0.25) is 0 Å². The number of esters is 1. The summed E-state index contributed by atoms with van der Waals surface area (Å²) in [6, 6.07) is -1.04. The van der Waals surface area contributed by atoms with Crippen molar-refractivity contribution in [3.05, 3.63) is 0 Å². The summed E-state index contributed by atoms with van der Waals surface area (Å²) < 4.78 is 74.6. The summed E-state index contributed by atoms with van der Waals surface area (Å²) in [5.41, 5.74) is 12.2. The molecule has 0 aromatic rings. The fraction of sp³-hybridized carbons (Fsp3) is 0.872. The van der Waals surface area contributed by atoms with E-state index in [4.69, 9.17) is 82.6 Å². The molecular weight excluding hydrogens is 985 g/mol. The Bertz CT molecular complexity index is 1400. The molecule has 0 heterocycles. The normalized spacial score (nSPS) is 12.2. The molecule has 0 aromatic heterocycles. The van der Waals surface area contributed by atoms with E-state index in [1.165, 1.54) is 7.11 Å². The average Bonchev–Trinajstić information content (AvgIpc) is 3.36. The van der Waals surface area contributed by atoms with Crippen molar-refractivity contribution >= 4 is 35.6 Å². The van der Waals surface area contributed by atoms with Crippen LogP contribution in [-0.2, 0) is 95.1 Å². The minimum absolute atomic E-state index is 0.0637. The van der Waals surface area contributed by atoms with E-state index in [9.17, 15) is 28.8 Å². The van der Waals surface area contributed by atoms with Gasteiger partial charge in [-0.15, -0.1) is 0 Å². The first kappa shape index (κ1) is 70.2. The fourth-order valence-electron chi connectivity index (χ4n) is 5.71. The lowest BCUT2D eigenvalue weighted by Crippen LogP contribution is -2.44. The maximum atomic E-state index is 13.8. The van der Waals surface area contributed by atoms with Crippen molar-refractivity contribution in [1.82, 2.24) is 21.4 Å². The maximum Gasteiger partial charge on any atom is 0.431 e. The predicted molar refractivity (Wildman–Crippen MR) is 265 cm³/mol. The third-order valence-corrected chi connectivity index (χ3v) is 9.19. The topological polar surface area (TPSA) is 341 Å². The number of carbonyl (C=O) groups excluding carboxylic acids is 6. The van der Waals surface area contributed by atoms with Gasteiger partial charge in [-0.2, -0.15) is 5.48 Å². The molecular formula is C47H90N6O21. The van der Waals surface area contributed by atoms with Crippen molar-refractivity contribution < 1.29 is 99.9 Å². The molecule has 27 nitrogen and oxygen atoms in total. The minimum atomic E-state index is -1.11. The number of methoxy groups -OCH3 is 1. The number of carbonyl (C=O) groups is 6. The van der Waals surface area contributed by atoms with Crippen LogP contribution >= 0.6 is 0 Å². The number of nitrogens with two attached hydrogens (primary N) is 2. The second-order valence-corrected chi connectivity index (χ2v) is 16.7. The summed E-state index contributed by atoms with van der Waals surface area (Å²) in [7, 11) is 1.17. The Morgan fingerprint density at radius 2 is 0.892 bits per heavy atom. The molecule has 27 heteroatoms. The second kappa shape index (κ2) is 51.3. The van der Waals surface area contributed by atoms with Crippen LogP contribution in [0, 0.1) is 5.92 Å². The molecule has 0 aliphatic carbocycles. The number of hydroxylamine groups is 1. The van der Waals surface area contributed by atoms with Gasteiger partial charge in [-0.05, 0) is 40.0 Å². The van der Waals surface area contributed by atoms with Gasteiger partial charge in [-0.1, -0.05) is 0 Å². The van der Waals surface area contributed by atoms with Crippen molar-refractivity contribution in [2.75, 3.05) is 198 Å². The van der Waals surface area contributed by atoms with Crippen LogP contribution in [0.4, 0.5) is 4.79 Å². The molecule has 0 radical (unpaired) electrons. The number of rotatable bonds is 54. The van der Waals surface area contributed by atoms with Crippen LogP contribution < -0.4 is 32.9 Å². The number of ether oxygens (including phenoxy) is 14. The van der Waals surface area contributed by atoms with E-state index in [2.05, 4.69) is 21.4 Å². The van der Waals surface area contributed by atoms with Crippen LogP contribution in [-0.4, -0.2) is 246 Å². The standard InChI is InChI=1S/C47H90N6O21/c1-47(2,3)74-46(59)53-73-34-33-70-20-17-63-14-11-51-45(58)39(36-44(57)60-4)35-41(54)40(52-43(56)38-72-32-30-69-28-26-67-24-22-65-19-16-62-13-9-49)7-5-6-10-50-42(55)37-71-31-29-68-27-25-66-23-21-64-18-15-61-12-8-48/h39-40H,5-38,48-49H2,1-4H3,(H,50,55)(H,51,58)(H,52,56)(H,53,59)/t39-,40-/m0/s1. The van der Waals surface area contributed by atoms with Crippen molar-refractivity contribution in [1.29, 1.82) is 0 Å². The molecule has 0 fully saturated rings. The van der Waals surface area contributed by atoms with Gasteiger partial charge in [-0.3, -0.25) is 28.8 Å². The predicted octanol–water partition coefficient (Wildman–Crippen LogP) is -1.41. The molecule has 0 saturated heterocycles. The molecule has 434 valence electrons. The lowest BCUT2D eigenvalue weighted by molar-refractivity contribution is -0.145. The van der Waals surface area contributed by atoms with E-state index in [1.807, 2.05) is 0 Å². The van der Waals surface area contributed by atoms with Crippen molar-refractivity contribution in [3.8, 4) is 0 Å². The van der Waals surface area contributed by atoms with Gasteiger partial charge in [0.1, 0.15) is 18.8 Å². The molecule has 0 rings (SSSR count). The van der Waals surface area contributed by atoms with Gasteiger partial charge in [0.05, 0.1) is 177 Å². The smallest absolute Gasteiger partial charge is 0.431 e. The summed E-state index contributed by atoms with van der Waals surface area (Å²) in [6.07, 6.45) is -0.475. The number of hydrogen-bond acceptors (Lipinski definition) is 23. The van der Waals surface area contributed by atoms with Crippen LogP contribution in [0.1, 0.15) is 52.9 Å². The Balaban J connectivity index is 4.88. The molecule has 2 atom stereocenters. The van der Waals surface area contributed by atoms with Gasteiger partial charge in [-0.25, -0.2) is 4.79 Å². The van der Waals surface area contributed by atoms with Crippen LogP contribution in [0.3, 0.4) is 0 Å². The molecule has 0 aliphatic rings. The van der Waals surface area contributed by atoms with E-state index < -0.39 is 47.2 Å². The average molecular weight is 1080 g/mol. The number of nitrogens with one attached hydrogen (secondary N) is 4. The lowest BCUT2D eigenvalue weighted by Gasteiger charge is -2.21. The summed E-state index contributed by atoms with van der Waals surface area (Å²) >= 11 is 0. The molecule has 74 heavy (non-hydrogen) atoms. The highest BCUT2D eigenvalue weighted by Gasteiger charge is 2.29. The van der Waals surface area contributed by atoms with E-state index in [0.717, 1.165) is 0 Å². The first-order chi connectivity index (χ1) is 35.8. The Labute approximate surface area is 436 Å².